The third-order valence-electron chi connectivity index (χ3n) is 5.38. The van der Waals surface area contributed by atoms with Gasteiger partial charge in [0.05, 0.1) is 11.6 Å². The first kappa shape index (κ1) is 15.3. The van der Waals surface area contributed by atoms with E-state index in [0.717, 1.165) is 44.7 Å². The second-order valence-corrected chi connectivity index (χ2v) is 7.50. The maximum absolute atomic E-state index is 12.5. The molecule has 0 unspecified atom stereocenters. The topological polar surface area (TPSA) is 68.5 Å². The SMILES string of the molecule is C[C@@H]1C[C@H](C)CN(C2=NC3(CCCCC3)[C@@H](C#N)C(=O)N2)C1. The molecule has 0 radical (unpaired) electrons. The maximum Gasteiger partial charge on any atom is 0.246 e. The van der Waals surface area contributed by atoms with Crippen LogP contribution in [0.2, 0.25) is 0 Å². The van der Waals surface area contributed by atoms with E-state index in [1.54, 1.807) is 0 Å². The van der Waals surface area contributed by atoms with Crippen LogP contribution in [0.15, 0.2) is 4.99 Å². The molecule has 0 aromatic heterocycles. The summed E-state index contributed by atoms with van der Waals surface area (Å²) in [4.78, 5) is 19.7. The van der Waals surface area contributed by atoms with Gasteiger partial charge in [0.1, 0.15) is 0 Å². The minimum Gasteiger partial charge on any atom is -0.342 e. The summed E-state index contributed by atoms with van der Waals surface area (Å²) in [7, 11) is 0. The Kier molecular flexibility index (Phi) is 4.12. The van der Waals surface area contributed by atoms with E-state index >= 15 is 0 Å². The maximum atomic E-state index is 12.5. The number of hydrogen-bond acceptors (Lipinski definition) is 4. The number of guanidine groups is 1. The molecule has 1 aliphatic carbocycles. The number of piperidine rings is 1. The minimum atomic E-state index is -0.629. The number of carbonyl (C=O) groups excluding carboxylic acids is 1. The Balaban J connectivity index is 1.91. The Hall–Kier alpha value is -1.57. The van der Waals surface area contributed by atoms with E-state index < -0.39 is 11.5 Å². The number of hydrogen-bond donors (Lipinski definition) is 1. The number of nitriles is 1. The molecular formula is C17H26N4O. The molecule has 3 atom stereocenters. The lowest BCUT2D eigenvalue weighted by atomic mass is 9.72. The summed E-state index contributed by atoms with van der Waals surface area (Å²) in [5.74, 6) is 1.16. The first-order valence-electron chi connectivity index (χ1n) is 8.59. The van der Waals surface area contributed by atoms with Crippen LogP contribution >= 0.6 is 0 Å². The highest BCUT2D eigenvalue weighted by molar-refractivity contribution is 6.02. The highest BCUT2D eigenvalue weighted by Crippen LogP contribution is 2.40. The molecule has 0 aromatic carbocycles. The fourth-order valence-corrected chi connectivity index (χ4v) is 4.46. The van der Waals surface area contributed by atoms with Crippen LogP contribution in [0, 0.1) is 29.1 Å². The van der Waals surface area contributed by atoms with Crippen molar-refractivity contribution in [3.8, 4) is 6.07 Å². The summed E-state index contributed by atoms with van der Waals surface area (Å²) < 4.78 is 0. The molecule has 3 aliphatic rings. The van der Waals surface area contributed by atoms with Crippen molar-refractivity contribution in [3.63, 3.8) is 0 Å². The standard InChI is InChI=1S/C17H26N4O/c1-12-8-13(2)11-21(10-12)16-19-15(22)14(9-18)17(20-16)6-4-3-5-7-17/h12-14H,3-8,10-11H2,1-2H3,(H,19,20,22)/t12-,13+,14-/m0/s1. The predicted molar refractivity (Wildman–Crippen MR) is 85.0 cm³/mol. The summed E-state index contributed by atoms with van der Waals surface area (Å²) in [6, 6.07) is 2.22. The number of nitrogens with zero attached hydrogens (tertiary/aromatic N) is 3. The molecule has 3 rings (SSSR count). The average Bonchev–Trinajstić information content (AvgIpc) is 2.47. The van der Waals surface area contributed by atoms with E-state index in [0.29, 0.717) is 11.8 Å². The van der Waals surface area contributed by atoms with Crippen molar-refractivity contribution >= 4 is 11.9 Å². The van der Waals surface area contributed by atoms with Gasteiger partial charge in [-0.05, 0) is 31.1 Å². The van der Waals surface area contributed by atoms with Gasteiger partial charge >= 0.3 is 0 Å². The second-order valence-electron chi connectivity index (χ2n) is 7.50. The van der Waals surface area contributed by atoms with Gasteiger partial charge in [0.25, 0.3) is 0 Å². The molecule has 1 N–H and O–H groups in total. The van der Waals surface area contributed by atoms with E-state index in [2.05, 4.69) is 30.1 Å². The first-order chi connectivity index (χ1) is 10.5. The van der Waals surface area contributed by atoms with Crippen LogP contribution in [0.5, 0.6) is 0 Å². The molecule has 22 heavy (non-hydrogen) atoms. The molecule has 1 spiro atoms. The minimum absolute atomic E-state index is 0.153. The Labute approximate surface area is 132 Å². The van der Waals surface area contributed by atoms with Crippen LogP contribution in [0.3, 0.4) is 0 Å². The van der Waals surface area contributed by atoms with Gasteiger partial charge in [-0.3, -0.25) is 10.1 Å². The average molecular weight is 302 g/mol. The van der Waals surface area contributed by atoms with Crippen molar-refractivity contribution in [1.29, 1.82) is 5.26 Å². The number of rotatable bonds is 0. The van der Waals surface area contributed by atoms with E-state index in [4.69, 9.17) is 4.99 Å². The normalized spacial score (nSPS) is 34.8. The third-order valence-corrected chi connectivity index (χ3v) is 5.38. The van der Waals surface area contributed by atoms with Crippen LogP contribution in [0.4, 0.5) is 0 Å². The Morgan fingerprint density at radius 1 is 1.23 bits per heavy atom. The monoisotopic (exact) mass is 302 g/mol. The van der Waals surface area contributed by atoms with Gasteiger partial charge in [0, 0.05) is 13.1 Å². The largest absolute Gasteiger partial charge is 0.342 e. The lowest BCUT2D eigenvalue weighted by Crippen LogP contribution is -2.59. The summed E-state index contributed by atoms with van der Waals surface area (Å²) in [5, 5.41) is 12.4. The molecule has 2 aliphatic heterocycles. The number of amides is 1. The molecule has 1 amide bonds. The summed E-state index contributed by atoms with van der Waals surface area (Å²) >= 11 is 0. The molecule has 5 heteroatoms. The molecule has 1 saturated heterocycles. The second kappa shape index (κ2) is 5.91. The number of aliphatic imine (C=N–C) groups is 1. The van der Waals surface area contributed by atoms with Gasteiger partial charge in [-0.1, -0.05) is 33.1 Å². The summed E-state index contributed by atoms with van der Waals surface area (Å²) in [5.41, 5.74) is -0.478. The lowest BCUT2D eigenvalue weighted by molar-refractivity contribution is -0.125. The van der Waals surface area contributed by atoms with E-state index in [1.165, 1.54) is 12.8 Å². The number of carbonyl (C=O) groups is 1. The van der Waals surface area contributed by atoms with Crippen LogP contribution in [0.25, 0.3) is 0 Å². The van der Waals surface area contributed by atoms with E-state index in [-0.39, 0.29) is 5.91 Å². The van der Waals surface area contributed by atoms with Crippen molar-refractivity contribution in [2.75, 3.05) is 13.1 Å². The Morgan fingerprint density at radius 2 is 1.86 bits per heavy atom. The fourth-order valence-electron chi connectivity index (χ4n) is 4.46. The Bertz CT molecular complexity index is 505. The third kappa shape index (κ3) is 2.71. The number of nitrogens with one attached hydrogen (secondary N) is 1. The zero-order chi connectivity index (χ0) is 15.7. The van der Waals surface area contributed by atoms with Crippen molar-refractivity contribution in [2.45, 2.75) is 57.9 Å². The highest BCUT2D eigenvalue weighted by Gasteiger charge is 2.48. The molecule has 120 valence electrons. The van der Waals surface area contributed by atoms with Gasteiger partial charge < -0.3 is 4.90 Å². The molecular weight excluding hydrogens is 276 g/mol. The highest BCUT2D eigenvalue weighted by atomic mass is 16.2. The quantitative estimate of drug-likeness (QED) is 0.746. The molecule has 0 aromatic rings. The van der Waals surface area contributed by atoms with Crippen LogP contribution in [-0.4, -0.2) is 35.4 Å². The van der Waals surface area contributed by atoms with Gasteiger partial charge in [0.2, 0.25) is 11.9 Å². The molecule has 2 fully saturated rings. The summed E-state index contributed by atoms with van der Waals surface area (Å²) in [6.07, 6.45) is 6.26. The van der Waals surface area contributed by atoms with Crippen LogP contribution < -0.4 is 5.32 Å². The van der Waals surface area contributed by atoms with E-state index in [9.17, 15) is 10.1 Å². The summed E-state index contributed by atoms with van der Waals surface area (Å²) in [6.45, 7) is 6.39. The molecule has 2 heterocycles. The molecule has 1 saturated carbocycles. The van der Waals surface area contributed by atoms with Crippen molar-refractivity contribution in [2.24, 2.45) is 22.7 Å². The van der Waals surface area contributed by atoms with E-state index in [1.807, 2.05) is 0 Å². The zero-order valence-corrected chi connectivity index (χ0v) is 13.6. The van der Waals surface area contributed by atoms with Crippen molar-refractivity contribution in [1.82, 2.24) is 10.2 Å². The van der Waals surface area contributed by atoms with Gasteiger partial charge in [-0.2, -0.15) is 5.26 Å². The van der Waals surface area contributed by atoms with Crippen molar-refractivity contribution in [3.05, 3.63) is 0 Å². The number of likely N-dealkylation sites (tertiary alicyclic amines) is 1. The predicted octanol–water partition coefficient (Wildman–Crippen LogP) is 2.29. The van der Waals surface area contributed by atoms with Crippen molar-refractivity contribution < 1.29 is 4.79 Å². The first-order valence-corrected chi connectivity index (χ1v) is 8.59. The van der Waals surface area contributed by atoms with Gasteiger partial charge in [0.15, 0.2) is 5.92 Å². The smallest absolute Gasteiger partial charge is 0.246 e. The van der Waals surface area contributed by atoms with Gasteiger partial charge in [-0.15, -0.1) is 0 Å². The van der Waals surface area contributed by atoms with Gasteiger partial charge in [-0.25, -0.2) is 4.99 Å². The Morgan fingerprint density at radius 3 is 2.45 bits per heavy atom. The lowest BCUT2D eigenvalue weighted by Gasteiger charge is -2.44. The van der Waals surface area contributed by atoms with Crippen LogP contribution in [0.1, 0.15) is 52.4 Å². The fraction of sp³-hybridized carbons (Fsp3) is 0.824. The molecule has 5 nitrogen and oxygen atoms in total. The van der Waals surface area contributed by atoms with Crippen LogP contribution in [-0.2, 0) is 4.79 Å². The zero-order valence-electron chi connectivity index (χ0n) is 13.6. The molecule has 0 bridgehead atoms.